The minimum Gasteiger partial charge on any atom is -0.456 e. The number of pyridine rings is 2. The van der Waals surface area contributed by atoms with Crippen molar-refractivity contribution < 1.29 is 4.42 Å². The van der Waals surface area contributed by atoms with Crippen molar-refractivity contribution in [1.29, 1.82) is 0 Å². The number of nitrogens with zero attached hydrogens (tertiary/aromatic N) is 2. The average molecular weight is 425 g/mol. The van der Waals surface area contributed by atoms with Gasteiger partial charge in [-0.1, -0.05) is 60.7 Å². The fraction of sp³-hybridized carbons (Fsp3) is 0. The molecule has 0 unspecified atom stereocenters. The van der Waals surface area contributed by atoms with Gasteiger partial charge in [0.1, 0.15) is 11.3 Å². The van der Waals surface area contributed by atoms with Crippen molar-refractivity contribution in [2.45, 2.75) is 0 Å². The molecule has 0 aliphatic heterocycles. The topological polar surface area (TPSA) is 38.9 Å². The van der Waals surface area contributed by atoms with Gasteiger partial charge in [-0.15, -0.1) is 0 Å². The van der Waals surface area contributed by atoms with E-state index in [-0.39, 0.29) is 0 Å². The third-order valence-corrected chi connectivity index (χ3v) is 5.82. The van der Waals surface area contributed by atoms with E-state index in [4.69, 9.17) is 9.40 Å². The lowest BCUT2D eigenvalue weighted by Gasteiger charge is -2.10. The van der Waals surface area contributed by atoms with Crippen molar-refractivity contribution in [3.05, 3.63) is 122 Å². The number of benzene rings is 3. The van der Waals surface area contributed by atoms with E-state index in [9.17, 15) is 0 Å². The van der Waals surface area contributed by atoms with Crippen LogP contribution in [-0.2, 0) is 0 Å². The van der Waals surface area contributed by atoms with Gasteiger partial charge in [0.2, 0.25) is 0 Å². The summed E-state index contributed by atoms with van der Waals surface area (Å²) in [5.74, 6) is 0.824. The maximum Gasteiger partial charge on any atom is 0.136 e. The first kappa shape index (κ1) is 19.2. The number of hydrogen-bond acceptors (Lipinski definition) is 3. The molecule has 6 rings (SSSR count). The third kappa shape index (κ3) is 3.70. The molecule has 3 nitrogen and oxygen atoms in total. The van der Waals surface area contributed by atoms with Crippen molar-refractivity contribution in [2.24, 2.45) is 0 Å². The van der Waals surface area contributed by atoms with Gasteiger partial charge in [-0.2, -0.15) is 0 Å². The Balaban J connectivity index is 1.41. The predicted molar refractivity (Wildman–Crippen MR) is 134 cm³/mol. The van der Waals surface area contributed by atoms with Crippen LogP contribution in [0.4, 0.5) is 0 Å². The number of fused-ring (bicyclic) bond motifs is 1. The molecule has 0 atom stereocenters. The Labute approximate surface area is 192 Å². The molecule has 33 heavy (non-hydrogen) atoms. The summed E-state index contributed by atoms with van der Waals surface area (Å²) in [6.07, 6.45) is 5.44. The van der Waals surface area contributed by atoms with Crippen molar-refractivity contribution in [1.82, 2.24) is 9.97 Å². The Kier molecular flexibility index (Phi) is 4.78. The number of hydrogen-bond donors (Lipinski definition) is 0. The summed E-state index contributed by atoms with van der Waals surface area (Å²) >= 11 is 0. The quantitative estimate of drug-likeness (QED) is 0.289. The molecule has 3 heterocycles. The number of aromatic nitrogens is 2. The molecule has 3 aromatic carbocycles. The van der Waals surface area contributed by atoms with Crippen LogP contribution in [-0.4, -0.2) is 9.97 Å². The predicted octanol–water partition coefficient (Wildman–Crippen LogP) is 7.89. The summed E-state index contributed by atoms with van der Waals surface area (Å²) < 4.78 is 6.05. The highest BCUT2D eigenvalue weighted by molar-refractivity contribution is 5.88. The Morgan fingerprint density at radius 2 is 1.33 bits per heavy atom. The second-order valence-corrected chi connectivity index (χ2v) is 7.95. The highest BCUT2D eigenvalue weighted by Crippen LogP contribution is 2.34. The van der Waals surface area contributed by atoms with Crippen LogP contribution in [0, 0.1) is 0 Å². The summed E-state index contributed by atoms with van der Waals surface area (Å²) in [5, 5.41) is 1.07. The number of rotatable bonds is 4. The van der Waals surface area contributed by atoms with Gasteiger partial charge < -0.3 is 4.42 Å². The molecule has 0 aliphatic rings. The minimum atomic E-state index is 0.824. The van der Waals surface area contributed by atoms with Gasteiger partial charge in [-0.25, -0.2) is 0 Å². The highest BCUT2D eigenvalue weighted by Gasteiger charge is 2.11. The van der Waals surface area contributed by atoms with E-state index in [0.717, 1.165) is 55.8 Å². The first-order valence-electron chi connectivity index (χ1n) is 10.9. The largest absolute Gasteiger partial charge is 0.456 e. The average Bonchev–Trinajstić information content (AvgIpc) is 3.33. The summed E-state index contributed by atoms with van der Waals surface area (Å²) in [5.41, 5.74) is 8.48. The van der Waals surface area contributed by atoms with Gasteiger partial charge in [-0.3, -0.25) is 9.97 Å². The molecular weight excluding hydrogens is 404 g/mol. The highest BCUT2D eigenvalue weighted by atomic mass is 16.3. The lowest BCUT2D eigenvalue weighted by atomic mass is 9.96. The number of furan rings is 1. The van der Waals surface area contributed by atoms with E-state index in [1.165, 1.54) is 0 Å². The van der Waals surface area contributed by atoms with Gasteiger partial charge in [0.05, 0.1) is 5.69 Å². The molecule has 3 heteroatoms. The van der Waals surface area contributed by atoms with E-state index in [1.807, 2.05) is 42.7 Å². The maximum atomic E-state index is 6.05. The smallest absolute Gasteiger partial charge is 0.136 e. The molecule has 0 aliphatic carbocycles. The molecule has 0 saturated heterocycles. The second-order valence-electron chi connectivity index (χ2n) is 7.95. The molecule has 0 spiro atoms. The van der Waals surface area contributed by atoms with Crippen molar-refractivity contribution in [3.8, 4) is 44.8 Å². The normalized spacial score (nSPS) is 11.0. The van der Waals surface area contributed by atoms with Crippen LogP contribution in [0.15, 0.2) is 126 Å². The van der Waals surface area contributed by atoms with Crippen LogP contribution in [0.5, 0.6) is 0 Å². The third-order valence-electron chi connectivity index (χ3n) is 5.82. The van der Waals surface area contributed by atoms with Crippen LogP contribution in [0.3, 0.4) is 0 Å². The van der Waals surface area contributed by atoms with Crippen LogP contribution in [0.2, 0.25) is 0 Å². The standard InChI is InChI=1S/C30H20N2O/c1-2-7-21(8-3-1)27-12-6-16-32-30(27)24-10-4-9-22(17-24)23-13-14-28-26(18-23)19-29(33-28)25-11-5-15-31-20-25/h1-20H. The van der Waals surface area contributed by atoms with E-state index >= 15 is 0 Å². The fourth-order valence-corrected chi connectivity index (χ4v) is 4.21. The van der Waals surface area contributed by atoms with E-state index in [2.05, 4.69) is 77.8 Å². The minimum absolute atomic E-state index is 0.824. The van der Waals surface area contributed by atoms with Gasteiger partial charge in [0.25, 0.3) is 0 Å². The van der Waals surface area contributed by atoms with Crippen molar-refractivity contribution in [3.63, 3.8) is 0 Å². The van der Waals surface area contributed by atoms with E-state index in [1.54, 1.807) is 6.20 Å². The monoisotopic (exact) mass is 424 g/mol. The first-order chi connectivity index (χ1) is 16.3. The van der Waals surface area contributed by atoms with Crippen LogP contribution >= 0.6 is 0 Å². The van der Waals surface area contributed by atoms with Crippen molar-refractivity contribution >= 4 is 11.0 Å². The molecule has 0 fully saturated rings. The molecule has 156 valence electrons. The fourth-order valence-electron chi connectivity index (χ4n) is 4.21. The van der Waals surface area contributed by atoms with Gasteiger partial charge in [-0.05, 0) is 59.2 Å². The molecule has 0 amide bonds. The van der Waals surface area contributed by atoms with Gasteiger partial charge in [0.15, 0.2) is 0 Å². The molecule has 0 bridgehead atoms. The molecule has 0 saturated carbocycles. The maximum absolute atomic E-state index is 6.05. The summed E-state index contributed by atoms with van der Waals surface area (Å²) in [4.78, 5) is 8.92. The molecule has 0 radical (unpaired) electrons. The van der Waals surface area contributed by atoms with E-state index < -0.39 is 0 Å². The zero-order valence-corrected chi connectivity index (χ0v) is 17.8. The SMILES string of the molecule is c1ccc(-c2cccnc2-c2cccc(-c3ccc4oc(-c5cccnc5)cc4c3)c2)cc1. The van der Waals surface area contributed by atoms with Crippen LogP contribution in [0.1, 0.15) is 0 Å². The molecular formula is C30H20N2O. The zero-order valence-electron chi connectivity index (χ0n) is 17.8. The molecule has 3 aromatic heterocycles. The molecule has 6 aromatic rings. The van der Waals surface area contributed by atoms with Gasteiger partial charge in [0, 0.05) is 40.7 Å². The van der Waals surface area contributed by atoms with Crippen LogP contribution in [0.25, 0.3) is 55.8 Å². The Hall–Kier alpha value is -4.50. The van der Waals surface area contributed by atoms with Crippen molar-refractivity contribution in [2.75, 3.05) is 0 Å². The van der Waals surface area contributed by atoms with Gasteiger partial charge >= 0.3 is 0 Å². The lowest BCUT2D eigenvalue weighted by Crippen LogP contribution is -1.89. The summed E-state index contributed by atoms with van der Waals surface area (Å²) in [6, 6.07) is 35.4. The first-order valence-corrected chi connectivity index (χ1v) is 10.9. The second kappa shape index (κ2) is 8.21. The lowest BCUT2D eigenvalue weighted by molar-refractivity contribution is 0.631. The Bertz CT molecular complexity index is 1550. The van der Waals surface area contributed by atoms with Crippen LogP contribution < -0.4 is 0 Å². The van der Waals surface area contributed by atoms with E-state index in [0.29, 0.717) is 0 Å². The molecule has 0 N–H and O–H groups in total. The summed E-state index contributed by atoms with van der Waals surface area (Å²) in [6.45, 7) is 0. The Morgan fingerprint density at radius 3 is 2.21 bits per heavy atom. The zero-order chi connectivity index (χ0) is 22.0. The Morgan fingerprint density at radius 1 is 0.545 bits per heavy atom. The summed E-state index contributed by atoms with van der Waals surface area (Å²) in [7, 11) is 0.